The van der Waals surface area contributed by atoms with Crippen LogP contribution in [-0.4, -0.2) is 124 Å². The van der Waals surface area contributed by atoms with Gasteiger partial charge >= 0.3 is 0 Å². The summed E-state index contributed by atoms with van der Waals surface area (Å²) >= 11 is 12.8. The minimum absolute atomic E-state index is 0.0325. The number of amides is 8. The first-order valence-corrected chi connectivity index (χ1v) is 35.6. The number of nitrogens with two attached hydrogens (primary N) is 1. The fraction of sp³-hybridized carbons (Fsp3) is 0.467. The van der Waals surface area contributed by atoms with Crippen LogP contribution in [0.15, 0.2) is 97.1 Å². The molecule has 4 fully saturated rings. The number of aliphatic hydroxyl groups excluding tert-OH is 1. The number of nitrogens with zero attached hydrogens (tertiary/aromatic N) is 2. The number of piperidine rings is 2. The average Bonchev–Trinajstić information content (AvgIpc) is 1.51. The Labute approximate surface area is 587 Å². The number of benzene rings is 5. The van der Waals surface area contributed by atoms with Gasteiger partial charge in [0.05, 0.1) is 11.1 Å². The van der Waals surface area contributed by atoms with Crippen LogP contribution in [0.5, 0.6) is 0 Å². The molecule has 3 saturated heterocycles. The molecule has 8 amide bonds. The molecule has 10 N–H and O–H groups in total. The van der Waals surface area contributed by atoms with Crippen molar-refractivity contribution < 1.29 is 57.4 Å². The number of aliphatic hydroxyl groups is 1. The Bertz CT molecular complexity index is 3790. The molecule has 99 heavy (non-hydrogen) atoms. The molecule has 6 heterocycles. The summed E-state index contributed by atoms with van der Waals surface area (Å²) in [5.41, 5.74) is 10.3. The quantitative estimate of drug-likeness (QED) is 0.0120. The van der Waals surface area contributed by atoms with Gasteiger partial charge in [-0.3, -0.25) is 59.1 Å². The van der Waals surface area contributed by atoms with Gasteiger partial charge < -0.3 is 46.7 Å². The van der Waals surface area contributed by atoms with Gasteiger partial charge in [-0.2, -0.15) is 0 Å². The molecule has 5 aromatic carbocycles. The van der Waals surface area contributed by atoms with E-state index in [1.807, 2.05) is 24.3 Å². The van der Waals surface area contributed by atoms with Gasteiger partial charge in [0.1, 0.15) is 29.6 Å². The van der Waals surface area contributed by atoms with Crippen LogP contribution in [0.25, 0.3) is 0 Å². The zero-order valence-electron chi connectivity index (χ0n) is 56.4. The van der Waals surface area contributed by atoms with E-state index < -0.39 is 52.6 Å². The Morgan fingerprint density at radius 2 is 1.27 bits per heavy atom. The van der Waals surface area contributed by atoms with Crippen LogP contribution in [0.3, 0.4) is 0 Å². The van der Waals surface area contributed by atoms with E-state index >= 15 is 4.39 Å². The number of hydrogen-bond acceptors (Lipinski definition) is 15. The van der Waals surface area contributed by atoms with Crippen LogP contribution in [0.4, 0.5) is 27.1 Å². The number of hydrogen-bond donors (Lipinski definition) is 9. The monoisotopic (exact) mass is 1400 g/mol. The molecule has 1 aliphatic carbocycles. The second kappa shape index (κ2) is 35.1. The van der Waals surface area contributed by atoms with Crippen LogP contribution in [0.1, 0.15) is 208 Å². The van der Waals surface area contributed by atoms with Crippen molar-refractivity contribution in [3.05, 3.63) is 152 Å². The van der Waals surface area contributed by atoms with Crippen LogP contribution >= 0.6 is 23.2 Å². The van der Waals surface area contributed by atoms with Crippen molar-refractivity contribution in [3.63, 3.8) is 0 Å². The highest BCUT2D eigenvalue weighted by Crippen LogP contribution is 2.63. The predicted octanol–water partition coefficient (Wildman–Crippen LogP) is 11.2. The largest absolute Gasteiger partial charge is 0.396 e. The molecule has 0 bridgehead atoms. The van der Waals surface area contributed by atoms with Gasteiger partial charge in [-0.15, -0.1) is 0 Å². The molecule has 7 aliphatic rings. The number of aldehydes is 1. The Morgan fingerprint density at radius 3 is 1.81 bits per heavy atom. The van der Waals surface area contributed by atoms with E-state index in [2.05, 4.69) is 51.1 Å². The SMILES string of the molecule is CCCCC=O.CCCCCO.NCCCCNc1cccc2c1CN(C1CCC(=O)NC1=O)C2=O.O=C1CCC(N2Cc3c(NCCCCCC(=O)c4ccc(NC(=O)[C@@H]5NC6(CCCCC6)[C@@]6(C(=O)Nc7cc(Cl)ccc76)[C@H]5c5cccc(Cl)c5F)cc4)cccc3C2=O)C(=O)N1. The van der Waals surface area contributed by atoms with Crippen LogP contribution in [0, 0.1) is 5.82 Å². The van der Waals surface area contributed by atoms with Gasteiger partial charge in [-0.1, -0.05) is 112 Å². The van der Waals surface area contributed by atoms with Gasteiger partial charge in [-0.25, -0.2) is 4.39 Å². The van der Waals surface area contributed by atoms with E-state index in [1.165, 1.54) is 17.4 Å². The smallest absolute Gasteiger partial charge is 0.255 e. The molecule has 5 atom stereocenters. The molecule has 12 rings (SSSR count). The standard InChI is InChI=1S/C48H47Cl2FN6O6.C17H22N4O3.C5H12O.C5H10O/c49-28-16-19-33-36(25-28)54-46(63)48(33)40(31-10-7-11-34(50)41(31)51)42(56-47(48)22-4-2-5-23-47)44(61)53-29-17-14-27(15-18-29)38(58)13-3-1-6-24-52-35-12-8-9-30-32(35)26-57(45(30)62)37-20-21-39(59)55-43(37)60;18-8-1-2-9-19-13-5-3-4-11-12(13)10-21(17(11)24)14-6-7-15(22)20-16(14)23;2*1-2-3-4-5-6/h7-12,14-19,25,37,40,42,52,56H,1-6,13,20-24,26H2,(H,53,61)(H,54,63)(H,55,59,60);3-5,14,19H,1-2,6-10,18H2,(H,20,22,23);6H,2-5H2,1H3;5H,2-4H2,1H3/t37?,40-,42+,48+;;;/m0.../s1. The van der Waals surface area contributed by atoms with Crippen molar-refractivity contribution in [2.24, 2.45) is 5.73 Å². The normalized spacial score (nSPS) is 20.8. The molecule has 1 saturated carbocycles. The fourth-order valence-corrected chi connectivity index (χ4v) is 15.1. The molecule has 2 spiro atoms. The third-order valence-electron chi connectivity index (χ3n) is 19.7. The minimum Gasteiger partial charge on any atom is -0.396 e. The summed E-state index contributed by atoms with van der Waals surface area (Å²) in [6.07, 6.45) is 16.6. The number of fused-ring (bicyclic) bond motifs is 5. The summed E-state index contributed by atoms with van der Waals surface area (Å²) in [7, 11) is 0. The van der Waals surface area contributed by atoms with Gasteiger partial charge in [0.25, 0.3) is 11.8 Å². The van der Waals surface area contributed by atoms with Gasteiger partial charge in [0.2, 0.25) is 35.4 Å². The summed E-state index contributed by atoms with van der Waals surface area (Å²) in [6.45, 7) is 7.30. The summed E-state index contributed by atoms with van der Waals surface area (Å²) in [4.78, 5) is 128. The first kappa shape index (κ1) is 74.8. The average molecular weight is 1400 g/mol. The maximum absolute atomic E-state index is 16.2. The van der Waals surface area contributed by atoms with Gasteiger partial charge in [-0.05, 0) is 149 Å². The number of halogens is 3. The number of Topliss-reactive ketones (excluding diaryl/α,β-unsaturated/α-hetero) is 1. The number of carbonyl (C=O) groups is 10. The van der Waals surface area contributed by atoms with Crippen molar-refractivity contribution in [1.82, 2.24) is 25.8 Å². The molecular weight excluding hydrogens is 1310 g/mol. The van der Waals surface area contributed by atoms with E-state index in [4.69, 9.17) is 34.0 Å². The number of unbranched alkanes of at least 4 members (excludes halogenated alkanes) is 7. The van der Waals surface area contributed by atoms with E-state index in [9.17, 15) is 47.9 Å². The molecular formula is C75H91Cl2FN10O11. The number of ketones is 1. The van der Waals surface area contributed by atoms with Crippen LogP contribution < -0.4 is 43.0 Å². The Hall–Kier alpha value is -8.41. The molecule has 24 heteroatoms. The lowest BCUT2D eigenvalue weighted by Gasteiger charge is -2.47. The summed E-state index contributed by atoms with van der Waals surface area (Å²) in [5.74, 6) is -4.24. The first-order valence-electron chi connectivity index (χ1n) is 34.9. The number of nitrogens with one attached hydrogen (secondary N) is 7. The molecule has 528 valence electrons. The molecule has 21 nitrogen and oxygen atoms in total. The fourth-order valence-electron chi connectivity index (χ4n) is 14.8. The van der Waals surface area contributed by atoms with Crippen molar-refractivity contribution >= 4 is 105 Å². The maximum Gasteiger partial charge on any atom is 0.255 e. The Balaban J connectivity index is 0.000000260. The number of imide groups is 2. The van der Waals surface area contributed by atoms with Crippen LogP contribution in [-0.2, 0) is 52.1 Å². The zero-order chi connectivity index (χ0) is 70.8. The van der Waals surface area contributed by atoms with Crippen LogP contribution in [0.2, 0.25) is 10.0 Å². The predicted molar refractivity (Wildman–Crippen MR) is 379 cm³/mol. The summed E-state index contributed by atoms with van der Waals surface area (Å²) in [5, 5.41) is 29.6. The second-order valence-corrected chi connectivity index (χ2v) is 27.0. The van der Waals surface area contributed by atoms with Gasteiger partial charge in [0, 0.05) is 126 Å². The van der Waals surface area contributed by atoms with E-state index in [-0.39, 0.29) is 71.2 Å². The summed E-state index contributed by atoms with van der Waals surface area (Å²) in [6, 6.07) is 25.4. The number of rotatable bonds is 24. The van der Waals surface area contributed by atoms with Crippen molar-refractivity contribution in [2.75, 3.05) is 47.5 Å². The lowest BCUT2D eigenvalue weighted by atomic mass is 9.55. The second-order valence-electron chi connectivity index (χ2n) is 26.2. The summed E-state index contributed by atoms with van der Waals surface area (Å²) < 4.78 is 16.2. The molecule has 6 aliphatic heterocycles. The molecule has 5 aromatic rings. The van der Waals surface area contributed by atoms with E-state index in [0.717, 1.165) is 112 Å². The minimum atomic E-state index is -1.35. The lowest BCUT2D eigenvalue weighted by molar-refractivity contribution is -0.138. The van der Waals surface area contributed by atoms with E-state index in [1.54, 1.807) is 71.6 Å². The number of carbonyl (C=O) groups excluding carboxylic acids is 10. The van der Waals surface area contributed by atoms with Crippen molar-refractivity contribution in [2.45, 2.75) is 197 Å². The number of anilines is 4. The van der Waals surface area contributed by atoms with Crippen molar-refractivity contribution in [1.29, 1.82) is 0 Å². The third-order valence-corrected chi connectivity index (χ3v) is 20.3. The highest BCUT2D eigenvalue weighted by molar-refractivity contribution is 6.31. The highest BCUT2D eigenvalue weighted by atomic mass is 35.5. The Kier molecular flexibility index (Phi) is 26.5. The maximum atomic E-state index is 16.2. The Morgan fingerprint density at radius 1 is 0.687 bits per heavy atom. The highest BCUT2D eigenvalue weighted by Gasteiger charge is 2.72. The first-order chi connectivity index (χ1) is 47.9. The third kappa shape index (κ3) is 16.9. The van der Waals surface area contributed by atoms with Crippen molar-refractivity contribution in [3.8, 4) is 0 Å². The lowest BCUT2D eigenvalue weighted by Crippen LogP contribution is -2.60. The van der Waals surface area contributed by atoms with E-state index in [0.29, 0.717) is 103 Å². The topological polar surface area (TPSA) is 308 Å². The molecule has 0 aromatic heterocycles. The molecule has 2 unspecified atom stereocenters. The zero-order valence-corrected chi connectivity index (χ0v) is 57.9. The van der Waals surface area contributed by atoms with Gasteiger partial charge in [0.15, 0.2) is 5.78 Å². The molecule has 0 radical (unpaired) electrons.